The molecule has 0 heterocycles. The van der Waals surface area contributed by atoms with Crippen molar-refractivity contribution in [2.45, 2.75) is 13.3 Å². The van der Waals surface area contributed by atoms with Gasteiger partial charge >= 0.3 is 5.97 Å². The normalized spacial score (nSPS) is 11.7. The summed E-state index contributed by atoms with van der Waals surface area (Å²) in [5.41, 5.74) is 1.38. The van der Waals surface area contributed by atoms with E-state index in [-0.39, 0.29) is 12.4 Å². The second-order valence-electron chi connectivity index (χ2n) is 4.87. The lowest BCUT2D eigenvalue weighted by Gasteiger charge is -2.15. The fraction of sp³-hybridized carbons (Fsp3) is 0.222. The molecule has 2 aromatic rings. The van der Waals surface area contributed by atoms with Crippen LogP contribution in [0.5, 0.6) is 0 Å². The molecule has 0 bridgehead atoms. The van der Waals surface area contributed by atoms with Crippen molar-refractivity contribution in [3.8, 4) is 0 Å². The number of halogens is 1. The molecule has 0 fully saturated rings. The molecule has 0 aromatic heterocycles. The number of carbonyl (C=O) groups is 2. The van der Waals surface area contributed by atoms with Crippen LogP contribution in [0, 0.1) is 5.92 Å². The standard InChI is InChI=1S/C18H17ClO3/c1-2-22-18(21)16(12-13-8-10-15(19)11-9-13)17(20)14-6-4-3-5-7-14/h3-11,16H,2,12H2,1H3. The predicted octanol–water partition coefficient (Wildman–Crippen LogP) is 3.94. The van der Waals surface area contributed by atoms with Crippen molar-refractivity contribution in [2.75, 3.05) is 6.61 Å². The quantitative estimate of drug-likeness (QED) is 0.460. The number of ether oxygens (including phenoxy) is 1. The molecule has 1 atom stereocenters. The molecule has 0 aliphatic heterocycles. The van der Waals surface area contributed by atoms with Crippen LogP contribution in [0.4, 0.5) is 0 Å². The zero-order valence-electron chi connectivity index (χ0n) is 12.3. The van der Waals surface area contributed by atoms with Crippen molar-refractivity contribution < 1.29 is 14.3 Å². The van der Waals surface area contributed by atoms with Crippen LogP contribution in [0.3, 0.4) is 0 Å². The Balaban J connectivity index is 2.24. The van der Waals surface area contributed by atoms with E-state index >= 15 is 0 Å². The first-order chi connectivity index (χ1) is 10.6. The minimum absolute atomic E-state index is 0.228. The number of carbonyl (C=O) groups excluding carboxylic acids is 2. The summed E-state index contributed by atoms with van der Waals surface area (Å²) in [4.78, 5) is 24.8. The summed E-state index contributed by atoms with van der Waals surface area (Å²) in [5.74, 6) is -1.57. The molecule has 0 saturated heterocycles. The van der Waals surface area contributed by atoms with E-state index < -0.39 is 11.9 Å². The third-order valence-electron chi connectivity index (χ3n) is 3.30. The van der Waals surface area contributed by atoms with Gasteiger partial charge in [0.15, 0.2) is 5.78 Å². The number of ketones is 1. The van der Waals surface area contributed by atoms with Gasteiger partial charge in [0, 0.05) is 10.6 Å². The zero-order chi connectivity index (χ0) is 15.9. The topological polar surface area (TPSA) is 43.4 Å². The van der Waals surface area contributed by atoms with Crippen molar-refractivity contribution in [3.63, 3.8) is 0 Å². The van der Waals surface area contributed by atoms with Crippen molar-refractivity contribution in [1.82, 2.24) is 0 Å². The lowest BCUT2D eigenvalue weighted by molar-refractivity contribution is -0.146. The van der Waals surface area contributed by atoms with Gasteiger partial charge in [0.2, 0.25) is 0 Å². The summed E-state index contributed by atoms with van der Waals surface area (Å²) >= 11 is 5.86. The van der Waals surface area contributed by atoms with E-state index in [0.717, 1.165) is 5.56 Å². The number of hydrogen-bond donors (Lipinski definition) is 0. The summed E-state index contributed by atoms with van der Waals surface area (Å²) in [5, 5.41) is 0.617. The van der Waals surface area contributed by atoms with Gasteiger partial charge in [0.1, 0.15) is 5.92 Å². The smallest absolute Gasteiger partial charge is 0.317 e. The van der Waals surface area contributed by atoms with Gasteiger partial charge in [-0.15, -0.1) is 0 Å². The summed E-state index contributed by atoms with van der Waals surface area (Å²) in [7, 11) is 0. The number of benzene rings is 2. The summed E-state index contributed by atoms with van der Waals surface area (Å²) in [6.07, 6.45) is 0.295. The molecule has 1 unspecified atom stereocenters. The monoisotopic (exact) mass is 316 g/mol. The maximum absolute atomic E-state index is 12.6. The van der Waals surface area contributed by atoms with Crippen molar-refractivity contribution >= 4 is 23.4 Å². The molecule has 0 radical (unpaired) electrons. The predicted molar refractivity (Wildman–Crippen MR) is 86.1 cm³/mol. The number of esters is 1. The van der Waals surface area contributed by atoms with E-state index in [2.05, 4.69) is 0 Å². The Morgan fingerprint density at radius 3 is 2.27 bits per heavy atom. The second kappa shape index (κ2) is 7.76. The maximum atomic E-state index is 12.6. The van der Waals surface area contributed by atoms with Crippen LogP contribution in [0.25, 0.3) is 0 Å². The van der Waals surface area contributed by atoms with E-state index in [0.29, 0.717) is 17.0 Å². The molecular formula is C18H17ClO3. The Hall–Kier alpha value is -2.13. The van der Waals surface area contributed by atoms with Gasteiger partial charge in [-0.1, -0.05) is 54.1 Å². The minimum Gasteiger partial charge on any atom is -0.465 e. The van der Waals surface area contributed by atoms with Crippen LogP contribution in [-0.2, 0) is 16.0 Å². The van der Waals surface area contributed by atoms with Gasteiger partial charge in [0.25, 0.3) is 0 Å². The minimum atomic E-state index is -0.844. The van der Waals surface area contributed by atoms with E-state index in [1.54, 1.807) is 43.3 Å². The van der Waals surface area contributed by atoms with Gasteiger partial charge in [-0.25, -0.2) is 0 Å². The number of Topliss-reactive ketones (excluding diaryl/α,β-unsaturated/α-hetero) is 1. The maximum Gasteiger partial charge on any atom is 0.317 e. The molecule has 0 spiro atoms. The zero-order valence-corrected chi connectivity index (χ0v) is 13.0. The molecule has 4 heteroatoms. The Morgan fingerprint density at radius 1 is 1.05 bits per heavy atom. The highest BCUT2D eigenvalue weighted by molar-refractivity contribution is 6.30. The molecule has 0 N–H and O–H groups in total. The van der Waals surface area contributed by atoms with E-state index in [9.17, 15) is 9.59 Å². The van der Waals surface area contributed by atoms with Crippen LogP contribution >= 0.6 is 11.6 Å². The van der Waals surface area contributed by atoms with Crippen LogP contribution in [0.15, 0.2) is 54.6 Å². The molecule has 3 nitrogen and oxygen atoms in total. The van der Waals surface area contributed by atoms with E-state index in [4.69, 9.17) is 16.3 Å². The Bertz CT molecular complexity index is 635. The molecule has 2 rings (SSSR count). The van der Waals surface area contributed by atoms with Gasteiger partial charge in [0.05, 0.1) is 6.61 Å². The lowest BCUT2D eigenvalue weighted by atomic mass is 9.91. The third kappa shape index (κ3) is 4.18. The Morgan fingerprint density at radius 2 is 1.68 bits per heavy atom. The highest BCUT2D eigenvalue weighted by Gasteiger charge is 2.29. The first kappa shape index (κ1) is 16.2. The molecule has 22 heavy (non-hydrogen) atoms. The SMILES string of the molecule is CCOC(=O)C(Cc1ccc(Cl)cc1)C(=O)c1ccccc1. The van der Waals surface area contributed by atoms with Crippen LogP contribution in [0.2, 0.25) is 5.02 Å². The number of rotatable bonds is 6. The summed E-state index contributed by atoms with van der Waals surface area (Å²) in [6, 6.07) is 15.9. The number of hydrogen-bond acceptors (Lipinski definition) is 3. The average molecular weight is 317 g/mol. The molecule has 0 saturated carbocycles. The molecule has 0 aliphatic rings. The summed E-state index contributed by atoms with van der Waals surface area (Å²) < 4.78 is 5.06. The molecule has 2 aromatic carbocycles. The fourth-order valence-electron chi connectivity index (χ4n) is 2.19. The van der Waals surface area contributed by atoms with E-state index in [1.807, 2.05) is 18.2 Å². The largest absolute Gasteiger partial charge is 0.465 e. The van der Waals surface area contributed by atoms with Crippen molar-refractivity contribution in [2.24, 2.45) is 5.92 Å². The van der Waals surface area contributed by atoms with Gasteiger partial charge in [-0.2, -0.15) is 0 Å². The Kier molecular flexibility index (Phi) is 5.73. The van der Waals surface area contributed by atoms with Crippen LogP contribution in [0.1, 0.15) is 22.8 Å². The van der Waals surface area contributed by atoms with Crippen molar-refractivity contribution in [3.05, 3.63) is 70.7 Å². The van der Waals surface area contributed by atoms with E-state index in [1.165, 1.54) is 0 Å². The van der Waals surface area contributed by atoms with Crippen LogP contribution in [-0.4, -0.2) is 18.4 Å². The second-order valence-corrected chi connectivity index (χ2v) is 5.30. The molecule has 0 amide bonds. The van der Waals surface area contributed by atoms with Gasteiger partial charge in [-0.05, 0) is 31.0 Å². The van der Waals surface area contributed by atoms with Gasteiger partial charge < -0.3 is 4.74 Å². The first-order valence-electron chi connectivity index (χ1n) is 7.12. The average Bonchev–Trinajstić information content (AvgIpc) is 2.54. The third-order valence-corrected chi connectivity index (χ3v) is 3.55. The highest BCUT2D eigenvalue weighted by atomic mass is 35.5. The summed E-state index contributed by atoms with van der Waals surface area (Å²) in [6.45, 7) is 1.97. The molecule has 114 valence electrons. The van der Waals surface area contributed by atoms with Gasteiger partial charge in [-0.3, -0.25) is 9.59 Å². The molecule has 0 aliphatic carbocycles. The van der Waals surface area contributed by atoms with Crippen LogP contribution < -0.4 is 0 Å². The first-order valence-corrected chi connectivity index (χ1v) is 7.50. The Labute approximate surface area is 134 Å². The van der Waals surface area contributed by atoms with Crippen molar-refractivity contribution in [1.29, 1.82) is 0 Å². The molecular weight excluding hydrogens is 300 g/mol. The lowest BCUT2D eigenvalue weighted by Crippen LogP contribution is -2.28. The highest BCUT2D eigenvalue weighted by Crippen LogP contribution is 2.18. The fourth-order valence-corrected chi connectivity index (χ4v) is 2.31.